The zero-order valence-corrected chi connectivity index (χ0v) is 15.0. The van der Waals surface area contributed by atoms with Gasteiger partial charge in [0.15, 0.2) is 0 Å². The second-order valence-corrected chi connectivity index (χ2v) is 7.64. The van der Waals surface area contributed by atoms with Crippen molar-refractivity contribution in [2.24, 2.45) is 0 Å². The fourth-order valence-corrected chi connectivity index (χ4v) is 4.39. The highest BCUT2D eigenvalue weighted by molar-refractivity contribution is 6.31. The minimum Gasteiger partial charge on any atom is -0.300 e. The first kappa shape index (κ1) is 17.0. The first-order valence-corrected chi connectivity index (χ1v) is 9.89. The average molecular weight is 332 g/mol. The first-order valence-electron chi connectivity index (χ1n) is 9.51. The first-order chi connectivity index (χ1) is 11.3. The zero-order chi connectivity index (χ0) is 15.9. The Morgan fingerprint density at radius 1 is 0.957 bits per heavy atom. The van der Waals surface area contributed by atoms with E-state index in [1.54, 1.807) is 0 Å². The highest BCUT2D eigenvalue weighted by Gasteiger charge is 2.17. The van der Waals surface area contributed by atoms with Crippen LogP contribution < -0.4 is 0 Å². The minimum absolute atomic E-state index is 0.686. The van der Waals surface area contributed by atoms with Crippen LogP contribution in [0.1, 0.15) is 74.8 Å². The summed E-state index contributed by atoms with van der Waals surface area (Å²) in [6.45, 7) is 3.58. The lowest BCUT2D eigenvalue weighted by Gasteiger charge is -2.23. The molecule has 2 heteroatoms. The molecule has 0 aromatic heterocycles. The summed E-state index contributed by atoms with van der Waals surface area (Å²) in [7, 11) is 0. The van der Waals surface area contributed by atoms with Crippen LogP contribution in [0.5, 0.6) is 0 Å². The lowest BCUT2D eigenvalue weighted by molar-refractivity contribution is 0.316. The van der Waals surface area contributed by atoms with Crippen molar-refractivity contribution in [3.05, 3.63) is 40.4 Å². The van der Waals surface area contributed by atoms with Gasteiger partial charge >= 0.3 is 0 Å². The van der Waals surface area contributed by atoms with Gasteiger partial charge in [0.05, 0.1) is 0 Å². The quantitative estimate of drug-likeness (QED) is 0.627. The number of likely N-dealkylation sites (tertiary alicyclic amines) is 1. The van der Waals surface area contributed by atoms with Crippen molar-refractivity contribution in [3.63, 3.8) is 0 Å². The lowest BCUT2D eigenvalue weighted by atomic mass is 9.84. The third-order valence-electron chi connectivity index (χ3n) is 5.44. The molecule has 0 amide bonds. The zero-order valence-electron chi connectivity index (χ0n) is 14.3. The molecule has 0 unspecified atom stereocenters. The monoisotopic (exact) mass is 331 g/mol. The highest BCUT2D eigenvalue weighted by atomic mass is 35.5. The van der Waals surface area contributed by atoms with Gasteiger partial charge in [-0.05, 0) is 61.9 Å². The van der Waals surface area contributed by atoms with Gasteiger partial charge in [0.1, 0.15) is 0 Å². The van der Waals surface area contributed by atoms with E-state index in [-0.39, 0.29) is 0 Å². The highest BCUT2D eigenvalue weighted by Crippen LogP contribution is 2.36. The van der Waals surface area contributed by atoms with Crippen molar-refractivity contribution in [1.29, 1.82) is 0 Å². The van der Waals surface area contributed by atoms with Crippen molar-refractivity contribution >= 4 is 17.7 Å². The van der Waals surface area contributed by atoms with Gasteiger partial charge in [-0.2, -0.15) is 0 Å². The summed E-state index contributed by atoms with van der Waals surface area (Å²) in [5.74, 6) is 0.686. The lowest BCUT2D eigenvalue weighted by Crippen LogP contribution is -2.24. The molecule has 1 heterocycles. The number of hydrogen-bond donors (Lipinski definition) is 0. The van der Waals surface area contributed by atoms with Crippen molar-refractivity contribution in [3.8, 4) is 0 Å². The summed E-state index contributed by atoms with van der Waals surface area (Å²) in [4.78, 5) is 2.57. The standard InChI is InChI=1S/C21H30ClN/c22-21-17-18(9-8-16-23-14-6-1-2-7-15-23)12-13-20(21)19-10-4-3-5-11-19/h8-9,12-13,17,19H,1-7,10-11,14-16H2/b9-8+. The third kappa shape index (κ3) is 5.09. The van der Waals surface area contributed by atoms with E-state index in [0.29, 0.717) is 5.92 Å². The fraction of sp³-hybridized carbons (Fsp3) is 0.619. The number of nitrogens with zero attached hydrogens (tertiary/aromatic N) is 1. The fourth-order valence-electron chi connectivity index (χ4n) is 4.05. The molecule has 23 heavy (non-hydrogen) atoms. The normalized spacial score (nSPS) is 21.6. The van der Waals surface area contributed by atoms with Crippen LogP contribution in [-0.2, 0) is 0 Å². The Hall–Kier alpha value is -0.790. The molecule has 126 valence electrons. The molecular formula is C21H30ClN. The molecule has 0 radical (unpaired) electrons. The Morgan fingerprint density at radius 3 is 2.35 bits per heavy atom. The smallest absolute Gasteiger partial charge is 0.0446 e. The second-order valence-electron chi connectivity index (χ2n) is 7.23. The van der Waals surface area contributed by atoms with Gasteiger partial charge in [0, 0.05) is 11.6 Å². The molecule has 3 rings (SSSR count). The van der Waals surface area contributed by atoms with Crippen LogP contribution in [0.4, 0.5) is 0 Å². The van der Waals surface area contributed by atoms with Gasteiger partial charge in [-0.3, -0.25) is 4.90 Å². The third-order valence-corrected chi connectivity index (χ3v) is 5.77. The average Bonchev–Trinajstić information content (AvgIpc) is 2.85. The van der Waals surface area contributed by atoms with Crippen LogP contribution in [0.2, 0.25) is 5.02 Å². The van der Waals surface area contributed by atoms with E-state index < -0.39 is 0 Å². The number of halogens is 1. The molecular weight excluding hydrogens is 302 g/mol. The molecule has 1 nitrogen and oxygen atoms in total. The summed E-state index contributed by atoms with van der Waals surface area (Å²) in [5.41, 5.74) is 2.61. The van der Waals surface area contributed by atoms with E-state index in [2.05, 4.69) is 35.3 Å². The maximum Gasteiger partial charge on any atom is 0.0446 e. The molecule has 0 N–H and O–H groups in total. The molecule has 2 fully saturated rings. The molecule has 1 aliphatic heterocycles. The molecule has 1 aromatic rings. The van der Waals surface area contributed by atoms with E-state index in [9.17, 15) is 0 Å². The Morgan fingerprint density at radius 2 is 1.65 bits per heavy atom. The summed E-state index contributed by atoms with van der Waals surface area (Å²) in [5, 5.41) is 0.967. The topological polar surface area (TPSA) is 3.24 Å². The Labute approximate surface area is 146 Å². The van der Waals surface area contributed by atoms with E-state index in [0.717, 1.165) is 11.6 Å². The van der Waals surface area contributed by atoms with Crippen LogP contribution in [0, 0.1) is 0 Å². The molecule has 0 atom stereocenters. The van der Waals surface area contributed by atoms with Crippen LogP contribution in [0.15, 0.2) is 24.3 Å². The Bertz CT molecular complexity index is 509. The van der Waals surface area contributed by atoms with Crippen molar-refractivity contribution in [1.82, 2.24) is 4.90 Å². The molecule has 2 aliphatic rings. The van der Waals surface area contributed by atoms with Gasteiger partial charge < -0.3 is 0 Å². The second kappa shape index (κ2) is 8.89. The van der Waals surface area contributed by atoms with Gasteiger partial charge in [-0.25, -0.2) is 0 Å². The predicted molar refractivity (Wildman–Crippen MR) is 101 cm³/mol. The van der Waals surface area contributed by atoms with Gasteiger partial charge in [-0.15, -0.1) is 0 Å². The predicted octanol–water partition coefficient (Wildman–Crippen LogP) is 6.28. The van der Waals surface area contributed by atoms with Crippen LogP contribution in [-0.4, -0.2) is 24.5 Å². The maximum absolute atomic E-state index is 6.57. The van der Waals surface area contributed by atoms with E-state index in [1.807, 2.05) is 0 Å². The van der Waals surface area contributed by atoms with Crippen LogP contribution in [0.25, 0.3) is 6.08 Å². The summed E-state index contributed by atoms with van der Waals surface area (Å²) in [6, 6.07) is 6.67. The Kier molecular flexibility index (Phi) is 6.59. The molecule has 1 aliphatic carbocycles. The summed E-state index contributed by atoms with van der Waals surface area (Å²) < 4.78 is 0. The van der Waals surface area contributed by atoms with E-state index in [4.69, 9.17) is 11.6 Å². The van der Waals surface area contributed by atoms with Gasteiger partial charge in [0.25, 0.3) is 0 Å². The molecule has 0 bridgehead atoms. The molecule has 0 spiro atoms. The van der Waals surface area contributed by atoms with Crippen LogP contribution in [0.3, 0.4) is 0 Å². The SMILES string of the molecule is Clc1cc(/C=C/CN2CCCCCC2)ccc1C1CCCCC1. The van der Waals surface area contributed by atoms with E-state index in [1.165, 1.54) is 82.0 Å². The number of rotatable bonds is 4. The number of benzene rings is 1. The van der Waals surface area contributed by atoms with Gasteiger partial charge in [0.2, 0.25) is 0 Å². The van der Waals surface area contributed by atoms with Crippen molar-refractivity contribution < 1.29 is 0 Å². The van der Waals surface area contributed by atoms with Gasteiger partial charge in [-0.1, -0.05) is 68.0 Å². The van der Waals surface area contributed by atoms with Crippen LogP contribution >= 0.6 is 11.6 Å². The van der Waals surface area contributed by atoms with E-state index >= 15 is 0 Å². The molecule has 1 saturated heterocycles. The maximum atomic E-state index is 6.57. The summed E-state index contributed by atoms with van der Waals surface area (Å²) in [6.07, 6.45) is 16.8. The largest absolute Gasteiger partial charge is 0.300 e. The minimum atomic E-state index is 0.686. The van der Waals surface area contributed by atoms with Crippen molar-refractivity contribution in [2.75, 3.05) is 19.6 Å². The van der Waals surface area contributed by atoms with Crippen molar-refractivity contribution in [2.45, 2.75) is 63.7 Å². The summed E-state index contributed by atoms with van der Waals surface area (Å²) >= 11 is 6.57. The molecule has 1 aromatic carbocycles. The number of hydrogen-bond acceptors (Lipinski definition) is 1. The Balaban J connectivity index is 1.57. The molecule has 1 saturated carbocycles.